The average molecular weight is 339 g/mol. The summed E-state index contributed by atoms with van der Waals surface area (Å²) in [5.74, 6) is 0.929. The van der Waals surface area contributed by atoms with Crippen LogP contribution in [-0.4, -0.2) is 7.11 Å². The summed E-state index contributed by atoms with van der Waals surface area (Å²) in [6, 6.07) is 15.7. The smallest absolute Gasteiger partial charge is 0.120 e. The lowest BCUT2D eigenvalue weighted by Gasteiger charge is -2.09. The van der Waals surface area contributed by atoms with Gasteiger partial charge >= 0.3 is 0 Å². The third-order valence-electron chi connectivity index (χ3n) is 4.61. The van der Waals surface area contributed by atoms with E-state index in [1.54, 1.807) is 7.11 Å². The first-order chi connectivity index (χ1) is 11.7. The first-order valence-corrected chi connectivity index (χ1v) is 9.76. The Hall–Kier alpha value is -1.80. The second-order valence-corrected chi connectivity index (χ2v) is 7.40. The molecule has 0 aliphatic rings. The summed E-state index contributed by atoms with van der Waals surface area (Å²) < 4.78 is 6.64. The molecule has 3 rings (SSSR count). The van der Waals surface area contributed by atoms with Gasteiger partial charge in [0.2, 0.25) is 0 Å². The summed E-state index contributed by atoms with van der Waals surface area (Å²) >= 11 is 1.86. The van der Waals surface area contributed by atoms with Gasteiger partial charge in [-0.1, -0.05) is 44.9 Å². The summed E-state index contributed by atoms with van der Waals surface area (Å²) in [6.07, 6.45) is 6.17. The Labute approximate surface area is 149 Å². The van der Waals surface area contributed by atoms with Crippen LogP contribution in [0.4, 0.5) is 0 Å². The van der Waals surface area contributed by atoms with Gasteiger partial charge in [-0.15, -0.1) is 11.3 Å². The van der Waals surface area contributed by atoms with E-state index in [1.165, 1.54) is 57.3 Å². The molecule has 0 aliphatic heterocycles. The van der Waals surface area contributed by atoms with Gasteiger partial charge in [0.25, 0.3) is 0 Å². The lowest BCUT2D eigenvalue weighted by molar-refractivity contribution is 0.415. The Balaban J connectivity index is 1.93. The number of aryl methyl sites for hydroxylation is 2. The SMILES string of the molecule is CCCCCc1ccc(-c2cc3ccc(OC)cc3s2)c(CC)c1. The monoisotopic (exact) mass is 338 g/mol. The highest BCUT2D eigenvalue weighted by Crippen LogP contribution is 2.37. The number of benzene rings is 2. The van der Waals surface area contributed by atoms with E-state index >= 15 is 0 Å². The summed E-state index contributed by atoms with van der Waals surface area (Å²) in [5.41, 5.74) is 4.33. The number of unbranched alkanes of at least 4 members (excludes halogenated alkanes) is 2. The third kappa shape index (κ3) is 3.64. The molecule has 2 heteroatoms. The zero-order valence-corrected chi connectivity index (χ0v) is 15.7. The molecule has 0 N–H and O–H groups in total. The maximum Gasteiger partial charge on any atom is 0.120 e. The van der Waals surface area contributed by atoms with Crippen LogP contribution in [0.5, 0.6) is 5.75 Å². The summed E-state index contributed by atoms with van der Waals surface area (Å²) in [4.78, 5) is 1.36. The van der Waals surface area contributed by atoms with Crippen LogP contribution >= 0.6 is 11.3 Å². The van der Waals surface area contributed by atoms with Crippen LogP contribution in [0.15, 0.2) is 42.5 Å². The molecular formula is C22H26OS. The van der Waals surface area contributed by atoms with Crippen LogP contribution in [0.25, 0.3) is 20.5 Å². The first kappa shape index (κ1) is 17.0. The van der Waals surface area contributed by atoms with E-state index in [9.17, 15) is 0 Å². The highest BCUT2D eigenvalue weighted by molar-refractivity contribution is 7.22. The van der Waals surface area contributed by atoms with Gasteiger partial charge in [-0.3, -0.25) is 0 Å². The van der Waals surface area contributed by atoms with Gasteiger partial charge in [-0.25, -0.2) is 0 Å². The molecule has 0 atom stereocenters. The van der Waals surface area contributed by atoms with Crippen molar-refractivity contribution in [3.8, 4) is 16.2 Å². The molecule has 1 heterocycles. The molecule has 0 bridgehead atoms. The second kappa shape index (κ2) is 7.85. The highest BCUT2D eigenvalue weighted by Gasteiger charge is 2.10. The van der Waals surface area contributed by atoms with Gasteiger partial charge in [0.1, 0.15) is 5.75 Å². The van der Waals surface area contributed by atoms with E-state index in [0.29, 0.717) is 0 Å². The van der Waals surface area contributed by atoms with E-state index in [-0.39, 0.29) is 0 Å². The maximum atomic E-state index is 5.35. The van der Waals surface area contributed by atoms with Gasteiger partial charge in [0, 0.05) is 9.58 Å². The second-order valence-electron chi connectivity index (χ2n) is 6.32. The summed E-state index contributed by atoms with van der Waals surface area (Å²) in [5, 5.41) is 1.30. The van der Waals surface area contributed by atoms with Gasteiger partial charge in [-0.05, 0) is 65.6 Å². The van der Waals surface area contributed by atoms with Crippen molar-refractivity contribution in [1.82, 2.24) is 0 Å². The molecule has 0 spiro atoms. The van der Waals surface area contributed by atoms with E-state index in [0.717, 1.165) is 12.2 Å². The van der Waals surface area contributed by atoms with E-state index in [4.69, 9.17) is 4.74 Å². The molecule has 126 valence electrons. The van der Waals surface area contributed by atoms with Crippen molar-refractivity contribution in [3.63, 3.8) is 0 Å². The first-order valence-electron chi connectivity index (χ1n) is 8.95. The Morgan fingerprint density at radius 2 is 1.83 bits per heavy atom. The van der Waals surface area contributed by atoms with Crippen molar-refractivity contribution in [2.45, 2.75) is 46.0 Å². The van der Waals surface area contributed by atoms with Gasteiger partial charge in [0.15, 0.2) is 0 Å². The molecule has 1 nitrogen and oxygen atoms in total. The van der Waals surface area contributed by atoms with Gasteiger partial charge < -0.3 is 4.74 Å². The minimum Gasteiger partial charge on any atom is -0.497 e. The Morgan fingerprint density at radius 3 is 2.58 bits per heavy atom. The fraction of sp³-hybridized carbons (Fsp3) is 0.364. The van der Waals surface area contributed by atoms with Crippen LogP contribution in [0, 0.1) is 0 Å². The Morgan fingerprint density at radius 1 is 0.958 bits per heavy atom. The van der Waals surface area contributed by atoms with Crippen LogP contribution in [-0.2, 0) is 12.8 Å². The van der Waals surface area contributed by atoms with Crippen LogP contribution < -0.4 is 4.74 Å². The Kier molecular flexibility index (Phi) is 5.57. The lowest BCUT2D eigenvalue weighted by Crippen LogP contribution is -1.91. The fourth-order valence-electron chi connectivity index (χ4n) is 3.19. The molecule has 24 heavy (non-hydrogen) atoms. The topological polar surface area (TPSA) is 9.23 Å². The fourth-order valence-corrected chi connectivity index (χ4v) is 4.34. The molecule has 0 unspecified atom stereocenters. The van der Waals surface area contributed by atoms with Crippen molar-refractivity contribution < 1.29 is 4.74 Å². The Bertz CT molecular complexity index is 816. The van der Waals surface area contributed by atoms with Crippen molar-refractivity contribution in [3.05, 3.63) is 53.6 Å². The molecule has 3 aromatic rings. The normalized spacial score (nSPS) is 11.1. The standard InChI is InChI=1S/C22H26OS/c1-4-6-7-8-16-9-12-20(17(5-2)13-16)22-14-18-10-11-19(23-3)15-21(18)24-22/h9-15H,4-8H2,1-3H3. The van der Waals surface area contributed by atoms with E-state index in [2.05, 4.69) is 50.2 Å². The van der Waals surface area contributed by atoms with Crippen molar-refractivity contribution in [2.24, 2.45) is 0 Å². The molecule has 1 aromatic heterocycles. The number of ether oxygens (including phenoxy) is 1. The number of rotatable bonds is 7. The molecule has 0 fully saturated rings. The third-order valence-corrected chi connectivity index (χ3v) is 5.74. The number of thiophene rings is 1. The minimum atomic E-state index is 0.929. The average Bonchev–Trinajstić information content (AvgIpc) is 3.04. The number of hydrogen-bond acceptors (Lipinski definition) is 2. The minimum absolute atomic E-state index is 0.929. The van der Waals surface area contributed by atoms with Crippen LogP contribution in [0.2, 0.25) is 0 Å². The highest BCUT2D eigenvalue weighted by atomic mass is 32.1. The molecule has 0 amide bonds. The predicted octanol–water partition coefficient (Wildman–Crippen LogP) is 6.87. The number of fused-ring (bicyclic) bond motifs is 1. The lowest BCUT2D eigenvalue weighted by atomic mass is 9.98. The largest absolute Gasteiger partial charge is 0.497 e. The van der Waals surface area contributed by atoms with Gasteiger partial charge in [-0.2, -0.15) is 0 Å². The van der Waals surface area contributed by atoms with Crippen LogP contribution in [0.3, 0.4) is 0 Å². The number of methoxy groups -OCH3 is 1. The zero-order valence-electron chi connectivity index (χ0n) is 14.9. The summed E-state index contributed by atoms with van der Waals surface area (Å²) in [7, 11) is 1.72. The quantitative estimate of drug-likeness (QED) is 0.427. The molecule has 2 aromatic carbocycles. The van der Waals surface area contributed by atoms with Crippen molar-refractivity contribution >= 4 is 21.4 Å². The zero-order chi connectivity index (χ0) is 16.9. The summed E-state index contributed by atoms with van der Waals surface area (Å²) in [6.45, 7) is 4.52. The predicted molar refractivity (Wildman–Crippen MR) is 106 cm³/mol. The van der Waals surface area contributed by atoms with E-state index in [1.807, 2.05) is 17.4 Å². The van der Waals surface area contributed by atoms with Gasteiger partial charge in [0.05, 0.1) is 7.11 Å². The van der Waals surface area contributed by atoms with Crippen molar-refractivity contribution in [2.75, 3.05) is 7.11 Å². The number of hydrogen-bond donors (Lipinski definition) is 0. The van der Waals surface area contributed by atoms with Crippen molar-refractivity contribution in [1.29, 1.82) is 0 Å². The van der Waals surface area contributed by atoms with E-state index < -0.39 is 0 Å². The molecular weight excluding hydrogens is 312 g/mol. The molecule has 0 saturated carbocycles. The molecule has 0 saturated heterocycles. The van der Waals surface area contributed by atoms with Crippen LogP contribution in [0.1, 0.15) is 44.2 Å². The molecule has 0 aliphatic carbocycles. The maximum absolute atomic E-state index is 5.35. The molecule has 0 radical (unpaired) electrons.